The van der Waals surface area contributed by atoms with E-state index in [1.807, 2.05) is 24.3 Å². The Morgan fingerprint density at radius 1 is 0.900 bits per heavy atom. The number of rotatable bonds is 4. The van der Waals surface area contributed by atoms with Crippen LogP contribution in [0.3, 0.4) is 0 Å². The molecule has 0 saturated heterocycles. The Hall–Kier alpha value is -1.91. The average Bonchev–Trinajstić information content (AvgIpc) is 2.77. The second-order valence-corrected chi connectivity index (χ2v) is 6.57. The molecular weight excluding hydrogens is 270 g/mol. The van der Waals surface area contributed by atoms with Crippen molar-refractivity contribution in [2.45, 2.75) is 18.0 Å². The Bertz CT molecular complexity index is 749. The predicted octanol–water partition coefficient (Wildman–Crippen LogP) is 2.73. The summed E-state index contributed by atoms with van der Waals surface area (Å²) in [4.78, 5) is 0.413. The highest BCUT2D eigenvalue weighted by molar-refractivity contribution is 7.94. The van der Waals surface area contributed by atoms with E-state index in [1.54, 1.807) is 18.2 Å². The van der Waals surface area contributed by atoms with E-state index in [4.69, 9.17) is 0 Å². The van der Waals surface area contributed by atoms with Gasteiger partial charge in [0.05, 0.1) is 4.90 Å². The first-order valence-corrected chi connectivity index (χ1v) is 8.01. The third kappa shape index (κ3) is 2.53. The van der Waals surface area contributed by atoms with E-state index in [0.717, 1.165) is 17.7 Å². The maximum Gasteiger partial charge on any atom is 0.200 e. The Morgan fingerprint density at radius 2 is 1.70 bits per heavy atom. The molecule has 20 heavy (non-hydrogen) atoms. The average molecular weight is 285 g/mol. The molecule has 1 heterocycles. The molecule has 0 spiro atoms. The van der Waals surface area contributed by atoms with E-state index in [0.29, 0.717) is 11.4 Å². The van der Waals surface area contributed by atoms with Gasteiger partial charge in [-0.2, -0.15) is 0 Å². The fraction of sp³-hybridized carbons (Fsp3) is 0.125. The molecular formula is C16H15NO2S. The lowest BCUT2D eigenvalue weighted by Gasteiger charge is -2.09. The molecule has 1 aliphatic heterocycles. The van der Waals surface area contributed by atoms with Crippen molar-refractivity contribution in [1.82, 2.24) is 5.32 Å². The molecule has 1 aliphatic rings. The summed E-state index contributed by atoms with van der Waals surface area (Å²) < 4.78 is 23.6. The first kappa shape index (κ1) is 13.1. The normalized spacial score (nSPS) is 15.2. The number of hydrogen-bond acceptors (Lipinski definition) is 3. The van der Waals surface area contributed by atoms with E-state index in [1.165, 1.54) is 11.0 Å². The summed E-state index contributed by atoms with van der Waals surface area (Å²) in [6.45, 7) is 1.42. The summed E-state index contributed by atoms with van der Waals surface area (Å²) in [5, 5.41) is 4.62. The van der Waals surface area contributed by atoms with Gasteiger partial charge in [-0.3, -0.25) is 0 Å². The van der Waals surface area contributed by atoms with Gasteiger partial charge < -0.3 is 5.32 Å². The van der Waals surface area contributed by atoms with Gasteiger partial charge in [-0.25, -0.2) is 8.42 Å². The van der Waals surface area contributed by atoms with Crippen molar-refractivity contribution >= 4 is 15.9 Å². The molecule has 2 aromatic carbocycles. The van der Waals surface area contributed by atoms with Gasteiger partial charge in [-0.1, -0.05) is 42.5 Å². The van der Waals surface area contributed by atoms with Gasteiger partial charge in [0.1, 0.15) is 0 Å². The summed E-state index contributed by atoms with van der Waals surface area (Å²) in [5.41, 5.74) is 3.03. The SMILES string of the molecule is O=S1(=O)C=Cc2c(CNCc3ccccc3)cccc21. The van der Waals surface area contributed by atoms with Gasteiger partial charge in [-0.15, -0.1) is 0 Å². The molecule has 0 atom stereocenters. The summed E-state index contributed by atoms with van der Waals surface area (Å²) in [6, 6.07) is 15.5. The van der Waals surface area contributed by atoms with Crippen molar-refractivity contribution in [3.63, 3.8) is 0 Å². The lowest BCUT2D eigenvalue weighted by Crippen LogP contribution is -2.13. The van der Waals surface area contributed by atoms with Crippen molar-refractivity contribution in [2.75, 3.05) is 0 Å². The molecule has 0 bridgehead atoms. The smallest absolute Gasteiger partial charge is 0.200 e. The highest BCUT2D eigenvalue weighted by Gasteiger charge is 2.22. The van der Waals surface area contributed by atoms with E-state index in [9.17, 15) is 8.42 Å². The van der Waals surface area contributed by atoms with Crippen molar-refractivity contribution in [3.05, 3.63) is 70.6 Å². The van der Waals surface area contributed by atoms with Crippen LogP contribution in [0.2, 0.25) is 0 Å². The van der Waals surface area contributed by atoms with Crippen LogP contribution in [0.1, 0.15) is 16.7 Å². The van der Waals surface area contributed by atoms with Crippen molar-refractivity contribution in [3.8, 4) is 0 Å². The lowest BCUT2D eigenvalue weighted by molar-refractivity contribution is 0.605. The fourth-order valence-corrected chi connectivity index (χ4v) is 3.58. The number of benzene rings is 2. The molecule has 3 rings (SSSR count). The largest absolute Gasteiger partial charge is 0.309 e. The lowest BCUT2D eigenvalue weighted by atomic mass is 10.1. The van der Waals surface area contributed by atoms with Crippen LogP contribution in [0.4, 0.5) is 0 Å². The van der Waals surface area contributed by atoms with Gasteiger partial charge in [0.15, 0.2) is 9.84 Å². The number of hydrogen-bond donors (Lipinski definition) is 1. The van der Waals surface area contributed by atoms with Crippen LogP contribution in [0.5, 0.6) is 0 Å². The maximum absolute atomic E-state index is 11.8. The molecule has 3 nitrogen and oxygen atoms in total. The van der Waals surface area contributed by atoms with Gasteiger partial charge in [0, 0.05) is 18.5 Å². The van der Waals surface area contributed by atoms with E-state index < -0.39 is 9.84 Å². The number of sulfone groups is 1. The molecule has 2 aromatic rings. The molecule has 0 aliphatic carbocycles. The van der Waals surface area contributed by atoms with E-state index >= 15 is 0 Å². The zero-order valence-corrected chi connectivity index (χ0v) is 11.7. The first-order valence-electron chi connectivity index (χ1n) is 6.46. The quantitative estimate of drug-likeness (QED) is 0.939. The van der Waals surface area contributed by atoms with Gasteiger partial charge >= 0.3 is 0 Å². The van der Waals surface area contributed by atoms with Crippen LogP contribution in [0, 0.1) is 0 Å². The van der Waals surface area contributed by atoms with Gasteiger partial charge in [0.25, 0.3) is 0 Å². The molecule has 0 fully saturated rings. The monoisotopic (exact) mass is 285 g/mol. The molecule has 4 heteroatoms. The molecule has 102 valence electrons. The highest BCUT2D eigenvalue weighted by atomic mass is 32.2. The zero-order chi connectivity index (χ0) is 14.0. The Balaban J connectivity index is 1.74. The van der Waals surface area contributed by atoms with Crippen LogP contribution in [0.25, 0.3) is 6.08 Å². The van der Waals surface area contributed by atoms with Crippen LogP contribution < -0.4 is 5.32 Å². The minimum absolute atomic E-state index is 0.413. The molecule has 0 unspecified atom stereocenters. The molecule has 0 radical (unpaired) electrons. The number of nitrogens with one attached hydrogen (secondary N) is 1. The van der Waals surface area contributed by atoms with Gasteiger partial charge in [0.2, 0.25) is 0 Å². The van der Waals surface area contributed by atoms with E-state index in [-0.39, 0.29) is 0 Å². The summed E-state index contributed by atoms with van der Waals surface area (Å²) in [5.74, 6) is 0. The third-order valence-corrected chi connectivity index (χ3v) is 4.83. The number of fused-ring (bicyclic) bond motifs is 1. The zero-order valence-electron chi connectivity index (χ0n) is 10.9. The van der Waals surface area contributed by atoms with Crippen molar-refractivity contribution in [1.29, 1.82) is 0 Å². The van der Waals surface area contributed by atoms with Crippen LogP contribution in [0.15, 0.2) is 58.8 Å². The molecule has 0 amide bonds. The van der Waals surface area contributed by atoms with Crippen LogP contribution in [-0.2, 0) is 22.9 Å². The third-order valence-electron chi connectivity index (χ3n) is 3.36. The topological polar surface area (TPSA) is 46.2 Å². The summed E-state index contributed by atoms with van der Waals surface area (Å²) >= 11 is 0. The molecule has 0 aromatic heterocycles. The van der Waals surface area contributed by atoms with E-state index in [2.05, 4.69) is 17.4 Å². The standard InChI is InChI=1S/C16H15NO2S/c18-20(19)10-9-15-14(7-4-8-16(15)20)12-17-11-13-5-2-1-3-6-13/h1-10,17H,11-12H2. The molecule has 1 N–H and O–H groups in total. The van der Waals surface area contributed by atoms with Crippen LogP contribution >= 0.6 is 0 Å². The summed E-state index contributed by atoms with van der Waals surface area (Å²) in [7, 11) is -3.21. The van der Waals surface area contributed by atoms with Crippen molar-refractivity contribution in [2.24, 2.45) is 0 Å². The summed E-state index contributed by atoms with van der Waals surface area (Å²) in [6.07, 6.45) is 1.68. The maximum atomic E-state index is 11.8. The Labute approximate surface area is 118 Å². The highest BCUT2D eigenvalue weighted by Crippen LogP contribution is 2.29. The van der Waals surface area contributed by atoms with Crippen molar-refractivity contribution < 1.29 is 8.42 Å². The Morgan fingerprint density at radius 3 is 2.50 bits per heavy atom. The fourth-order valence-electron chi connectivity index (χ4n) is 2.35. The molecule has 0 saturated carbocycles. The predicted molar refractivity (Wildman–Crippen MR) is 79.6 cm³/mol. The minimum atomic E-state index is -3.21. The second kappa shape index (κ2) is 5.23. The minimum Gasteiger partial charge on any atom is -0.309 e. The van der Waals surface area contributed by atoms with Crippen LogP contribution in [-0.4, -0.2) is 8.42 Å². The van der Waals surface area contributed by atoms with Gasteiger partial charge in [-0.05, 0) is 28.8 Å². The second-order valence-electron chi connectivity index (χ2n) is 4.77. The Kier molecular flexibility index (Phi) is 3.42. The first-order chi connectivity index (χ1) is 9.67.